The molecule has 6 heteroatoms. The van der Waals surface area contributed by atoms with E-state index in [1.165, 1.54) is 6.07 Å². The molecule has 20 heavy (non-hydrogen) atoms. The van der Waals surface area contributed by atoms with Gasteiger partial charge in [-0.1, -0.05) is 13.0 Å². The molecule has 0 amide bonds. The van der Waals surface area contributed by atoms with Crippen LogP contribution in [0.3, 0.4) is 0 Å². The Bertz CT molecular complexity index is 430. The van der Waals surface area contributed by atoms with Crippen molar-refractivity contribution in [2.75, 3.05) is 27.2 Å². The third-order valence-corrected chi connectivity index (χ3v) is 3.01. The molecular formula is C14H20F4N2. The topological polar surface area (TPSA) is 15.3 Å². The van der Waals surface area contributed by atoms with Crippen molar-refractivity contribution in [1.29, 1.82) is 0 Å². The Morgan fingerprint density at radius 2 is 1.90 bits per heavy atom. The number of rotatable bonds is 6. The van der Waals surface area contributed by atoms with Crippen molar-refractivity contribution < 1.29 is 17.6 Å². The van der Waals surface area contributed by atoms with Crippen LogP contribution in [-0.4, -0.2) is 32.1 Å². The van der Waals surface area contributed by atoms with Crippen molar-refractivity contribution in [1.82, 2.24) is 10.2 Å². The standard InChI is InChI=1S/C14H20F4N2/c1-4-19-13(7-8-20(2)3)10-5-6-12(15)11(9-10)14(16,17)18/h5-6,9,13,19H,4,7-8H2,1-3H3. The largest absolute Gasteiger partial charge is 0.419 e. The van der Waals surface area contributed by atoms with Gasteiger partial charge in [-0.15, -0.1) is 0 Å². The molecule has 0 heterocycles. The van der Waals surface area contributed by atoms with Crippen LogP contribution in [0.1, 0.15) is 30.5 Å². The molecule has 0 fully saturated rings. The van der Waals surface area contributed by atoms with Gasteiger partial charge in [0.2, 0.25) is 0 Å². The molecular weight excluding hydrogens is 272 g/mol. The third kappa shape index (κ3) is 4.76. The molecule has 114 valence electrons. The van der Waals surface area contributed by atoms with Gasteiger partial charge in [0.25, 0.3) is 0 Å². The summed E-state index contributed by atoms with van der Waals surface area (Å²) in [6.07, 6.45) is -4.01. The van der Waals surface area contributed by atoms with E-state index in [4.69, 9.17) is 0 Å². The average Bonchev–Trinajstić information content (AvgIpc) is 2.33. The van der Waals surface area contributed by atoms with E-state index in [0.29, 0.717) is 18.5 Å². The third-order valence-electron chi connectivity index (χ3n) is 3.01. The summed E-state index contributed by atoms with van der Waals surface area (Å²) in [5.41, 5.74) is -0.745. The van der Waals surface area contributed by atoms with Crippen LogP contribution < -0.4 is 5.32 Å². The summed E-state index contributed by atoms with van der Waals surface area (Å²) in [5.74, 6) is -1.23. The Kier molecular flexibility index (Phi) is 5.95. The fourth-order valence-corrected chi connectivity index (χ4v) is 2.00. The highest BCUT2D eigenvalue weighted by Gasteiger charge is 2.34. The van der Waals surface area contributed by atoms with Crippen LogP contribution in [0, 0.1) is 5.82 Å². The molecule has 1 N–H and O–H groups in total. The van der Waals surface area contributed by atoms with Gasteiger partial charge in [-0.05, 0) is 51.3 Å². The predicted octanol–water partition coefficient (Wildman–Crippen LogP) is 3.45. The van der Waals surface area contributed by atoms with Gasteiger partial charge in [0, 0.05) is 6.04 Å². The lowest BCUT2D eigenvalue weighted by Gasteiger charge is -2.21. The van der Waals surface area contributed by atoms with Crippen molar-refractivity contribution in [2.24, 2.45) is 0 Å². The highest BCUT2D eigenvalue weighted by atomic mass is 19.4. The highest BCUT2D eigenvalue weighted by molar-refractivity contribution is 5.29. The van der Waals surface area contributed by atoms with E-state index in [1.807, 2.05) is 25.9 Å². The van der Waals surface area contributed by atoms with Gasteiger partial charge in [0.05, 0.1) is 5.56 Å². The molecule has 1 aromatic rings. The molecule has 0 saturated carbocycles. The molecule has 1 rings (SSSR count). The number of nitrogens with one attached hydrogen (secondary N) is 1. The van der Waals surface area contributed by atoms with Crippen LogP contribution in [0.5, 0.6) is 0 Å². The van der Waals surface area contributed by atoms with Crippen molar-refractivity contribution >= 4 is 0 Å². The zero-order valence-electron chi connectivity index (χ0n) is 11.9. The summed E-state index contributed by atoms with van der Waals surface area (Å²) in [6, 6.07) is 2.98. The van der Waals surface area contributed by atoms with Gasteiger partial charge >= 0.3 is 6.18 Å². The first kappa shape index (κ1) is 16.9. The average molecular weight is 292 g/mol. The smallest absolute Gasteiger partial charge is 0.310 e. The molecule has 0 bridgehead atoms. The van der Waals surface area contributed by atoms with E-state index in [-0.39, 0.29) is 6.04 Å². The molecule has 2 nitrogen and oxygen atoms in total. The van der Waals surface area contributed by atoms with Crippen molar-refractivity contribution in [3.63, 3.8) is 0 Å². The predicted molar refractivity (Wildman–Crippen MR) is 71.0 cm³/mol. The van der Waals surface area contributed by atoms with Gasteiger partial charge < -0.3 is 10.2 Å². The SMILES string of the molecule is CCNC(CCN(C)C)c1ccc(F)c(C(F)(F)F)c1. The molecule has 0 saturated heterocycles. The van der Waals surface area contributed by atoms with E-state index >= 15 is 0 Å². The van der Waals surface area contributed by atoms with Crippen molar-refractivity contribution in [2.45, 2.75) is 25.6 Å². The zero-order chi connectivity index (χ0) is 15.3. The Morgan fingerprint density at radius 3 is 2.40 bits per heavy atom. The van der Waals surface area contributed by atoms with Crippen LogP contribution in [0.4, 0.5) is 17.6 Å². The summed E-state index contributed by atoms with van der Waals surface area (Å²) in [7, 11) is 3.80. The fourth-order valence-electron chi connectivity index (χ4n) is 2.00. The van der Waals surface area contributed by atoms with Crippen LogP contribution in [0.25, 0.3) is 0 Å². The number of alkyl halides is 3. The van der Waals surface area contributed by atoms with Gasteiger partial charge in [-0.25, -0.2) is 4.39 Å². The molecule has 1 unspecified atom stereocenters. The normalized spacial score (nSPS) is 13.8. The lowest BCUT2D eigenvalue weighted by molar-refractivity contribution is -0.140. The summed E-state index contributed by atoms with van der Waals surface area (Å²) < 4.78 is 51.5. The number of nitrogens with zero attached hydrogens (tertiary/aromatic N) is 1. The second-order valence-electron chi connectivity index (χ2n) is 4.94. The summed E-state index contributed by atoms with van der Waals surface area (Å²) >= 11 is 0. The first-order valence-corrected chi connectivity index (χ1v) is 6.50. The van der Waals surface area contributed by atoms with Crippen LogP contribution in [-0.2, 0) is 6.18 Å². The minimum atomic E-state index is -4.67. The first-order chi connectivity index (χ1) is 9.25. The Labute approximate surface area is 116 Å². The Balaban J connectivity index is 3.02. The van der Waals surface area contributed by atoms with Crippen LogP contribution in [0.15, 0.2) is 18.2 Å². The van der Waals surface area contributed by atoms with Gasteiger partial charge in [0.15, 0.2) is 0 Å². The molecule has 0 aliphatic rings. The second-order valence-corrected chi connectivity index (χ2v) is 4.94. The maximum atomic E-state index is 13.3. The van der Waals surface area contributed by atoms with E-state index < -0.39 is 17.6 Å². The van der Waals surface area contributed by atoms with Crippen LogP contribution in [0.2, 0.25) is 0 Å². The van der Waals surface area contributed by atoms with Crippen LogP contribution >= 0.6 is 0 Å². The van der Waals surface area contributed by atoms with E-state index in [1.54, 1.807) is 0 Å². The van der Waals surface area contributed by atoms with Gasteiger partial charge in [-0.2, -0.15) is 13.2 Å². The molecule has 1 atom stereocenters. The summed E-state index contributed by atoms with van der Waals surface area (Å²) in [6.45, 7) is 3.25. The maximum Gasteiger partial charge on any atom is 0.419 e. The lowest BCUT2D eigenvalue weighted by atomic mass is 10.0. The Hall–Kier alpha value is -1.14. The first-order valence-electron chi connectivity index (χ1n) is 6.50. The maximum absolute atomic E-state index is 13.3. The van der Waals surface area contributed by atoms with E-state index in [0.717, 1.165) is 18.7 Å². The quantitative estimate of drug-likeness (QED) is 0.808. The second kappa shape index (κ2) is 7.04. The van der Waals surface area contributed by atoms with Crippen molar-refractivity contribution in [3.05, 3.63) is 35.1 Å². The molecule has 0 radical (unpaired) electrons. The minimum absolute atomic E-state index is 0.218. The van der Waals surface area contributed by atoms with E-state index in [2.05, 4.69) is 5.32 Å². The number of hydrogen-bond acceptors (Lipinski definition) is 2. The number of hydrogen-bond donors (Lipinski definition) is 1. The lowest BCUT2D eigenvalue weighted by Crippen LogP contribution is -2.26. The summed E-state index contributed by atoms with van der Waals surface area (Å²) in [5, 5.41) is 3.14. The van der Waals surface area contributed by atoms with Crippen molar-refractivity contribution in [3.8, 4) is 0 Å². The number of halogens is 4. The minimum Gasteiger partial charge on any atom is -0.310 e. The molecule has 0 aliphatic heterocycles. The summed E-state index contributed by atoms with van der Waals surface area (Å²) in [4.78, 5) is 1.96. The van der Waals surface area contributed by atoms with E-state index in [9.17, 15) is 17.6 Å². The molecule has 0 aliphatic carbocycles. The monoisotopic (exact) mass is 292 g/mol. The fraction of sp³-hybridized carbons (Fsp3) is 0.571. The Morgan fingerprint density at radius 1 is 1.25 bits per heavy atom. The van der Waals surface area contributed by atoms with Gasteiger partial charge in [0.1, 0.15) is 5.82 Å². The zero-order valence-corrected chi connectivity index (χ0v) is 11.9. The number of benzene rings is 1. The molecule has 0 aromatic heterocycles. The van der Waals surface area contributed by atoms with Gasteiger partial charge in [-0.3, -0.25) is 0 Å². The molecule has 1 aromatic carbocycles. The highest BCUT2D eigenvalue weighted by Crippen LogP contribution is 2.33. The molecule has 0 spiro atoms.